The highest BCUT2D eigenvalue weighted by Crippen LogP contribution is 2.37. The van der Waals surface area contributed by atoms with E-state index in [1.165, 1.54) is 10.9 Å². The van der Waals surface area contributed by atoms with Crippen molar-refractivity contribution in [3.05, 3.63) is 75.6 Å². The molecule has 38 heavy (non-hydrogen) atoms. The van der Waals surface area contributed by atoms with Crippen LogP contribution in [0.3, 0.4) is 0 Å². The van der Waals surface area contributed by atoms with E-state index in [2.05, 4.69) is 26.7 Å². The van der Waals surface area contributed by atoms with Crippen LogP contribution < -0.4 is 26.8 Å². The molecular formula is C26H24ClN9O2. The normalized spacial score (nSPS) is 14.9. The summed E-state index contributed by atoms with van der Waals surface area (Å²) >= 11 is 6.45. The van der Waals surface area contributed by atoms with Crippen molar-refractivity contribution in [1.82, 2.24) is 24.8 Å². The molecule has 11 nitrogen and oxygen atoms in total. The zero-order valence-corrected chi connectivity index (χ0v) is 21.2. The minimum absolute atomic E-state index is 0.0860. The molecule has 0 aliphatic carbocycles. The lowest BCUT2D eigenvalue weighted by Gasteiger charge is -2.28. The molecule has 4 aromatic rings. The Labute approximate surface area is 222 Å². The Hall–Kier alpha value is -4.69. The Morgan fingerprint density at radius 1 is 1.26 bits per heavy atom. The quantitative estimate of drug-likeness (QED) is 0.353. The molecule has 0 saturated carbocycles. The van der Waals surface area contributed by atoms with Gasteiger partial charge in [0.15, 0.2) is 5.82 Å². The second kappa shape index (κ2) is 10.4. The average Bonchev–Trinajstić information content (AvgIpc) is 3.38. The molecule has 1 saturated heterocycles. The second-order valence-electron chi connectivity index (χ2n) is 8.70. The first-order valence-corrected chi connectivity index (χ1v) is 12.4. The summed E-state index contributed by atoms with van der Waals surface area (Å²) in [6, 6.07) is 13.4. The summed E-state index contributed by atoms with van der Waals surface area (Å²) in [5, 5.41) is 15.8. The monoisotopic (exact) mass is 529 g/mol. The van der Waals surface area contributed by atoms with Crippen molar-refractivity contribution >= 4 is 45.9 Å². The van der Waals surface area contributed by atoms with Crippen molar-refractivity contribution in [2.24, 2.45) is 0 Å². The minimum atomic E-state index is -0.396. The van der Waals surface area contributed by atoms with Crippen molar-refractivity contribution < 1.29 is 4.79 Å². The van der Waals surface area contributed by atoms with Crippen molar-refractivity contribution in [2.45, 2.75) is 25.8 Å². The molecule has 3 heterocycles. The average molecular weight is 530 g/mol. The van der Waals surface area contributed by atoms with E-state index in [0.29, 0.717) is 48.0 Å². The number of anilines is 3. The summed E-state index contributed by atoms with van der Waals surface area (Å²) in [5.74, 6) is 0.933. The van der Waals surface area contributed by atoms with E-state index in [9.17, 15) is 14.9 Å². The molecule has 0 bridgehead atoms. The van der Waals surface area contributed by atoms with Gasteiger partial charge in [0.2, 0.25) is 0 Å². The summed E-state index contributed by atoms with van der Waals surface area (Å²) in [4.78, 5) is 41.3. The van der Waals surface area contributed by atoms with Gasteiger partial charge in [-0.3, -0.25) is 9.36 Å². The molecule has 1 atom stereocenters. The first-order chi connectivity index (χ1) is 18.4. The molecule has 0 radical (unpaired) electrons. The fraction of sp³-hybridized carbons (Fsp3) is 0.231. The highest BCUT2D eigenvalue weighted by Gasteiger charge is 2.34. The van der Waals surface area contributed by atoms with E-state index in [-0.39, 0.29) is 33.4 Å². The lowest BCUT2D eigenvalue weighted by Crippen LogP contribution is -2.32. The molecule has 4 N–H and O–H groups in total. The number of hydrogen-bond acceptors (Lipinski definition) is 8. The zero-order chi connectivity index (χ0) is 26.8. The predicted octanol–water partition coefficient (Wildman–Crippen LogP) is 3.77. The van der Waals surface area contributed by atoms with E-state index in [1.807, 2.05) is 11.8 Å². The number of urea groups is 1. The largest absolute Gasteiger partial charge is 0.382 e. The third-order valence-corrected chi connectivity index (χ3v) is 6.68. The maximum Gasteiger partial charge on any atom is 0.319 e. The molecule has 2 aromatic carbocycles. The maximum atomic E-state index is 14.0. The van der Waals surface area contributed by atoms with Crippen LogP contribution in [0.2, 0.25) is 5.02 Å². The topological polar surface area (TPSA) is 155 Å². The Morgan fingerprint density at radius 3 is 2.87 bits per heavy atom. The van der Waals surface area contributed by atoms with Gasteiger partial charge >= 0.3 is 6.03 Å². The smallest absolute Gasteiger partial charge is 0.319 e. The molecule has 1 aliphatic heterocycles. The van der Waals surface area contributed by atoms with Crippen LogP contribution in [0.4, 0.5) is 22.1 Å². The number of nitrogens with two attached hydrogens (primary N) is 1. The summed E-state index contributed by atoms with van der Waals surface area (Å²) in [5.41, 5.74) is 7.26. The van der Waals surface area contributed by atoms with Crippen LogP contribution in [0.5, 0.6) is 0 Å². The van der Waals surface area contributed by atoms with Gasteiger partial charge in [0.25, 0.3) is 5.56 Å². The van der Waals surface area contributed by atoms with Crippen molar-refractivity contribution in [2.75, 3.05) is 29.0 Å². The van der Waals surface area contributed by atoms with Gasteiger partial charge in [-0.2, -0.15) is 5.26 Å². The summed E-state index contributed by atoms with van der Waals surface area (Å²) in [7, 11) is 0. The van der Waals surface area contributed by atoms with Crippen molar-refractivity contribution in [3.8, 4) is 11.8 Å². The fourth-order valence-corrected chi connectivity index (χ4v) is 4.99. The van der Waals surface area contributed by atoms with Gasteiger partial charge in [-0.1, -0.05) is 23.7 Å². The first-order valence-electron chi connectivity index (χ1n) is 12.1. The standard InChI is InChI=1S/C26H24ClN9O2/c1-2-30-26(38)33-15-6-3-7-16(12-15)36-24(34-19-9-4-8-18(27)21(19)25(36)37)20-10-5-11-35(20)23-17(13-28)22(29)31-14-32-23/h3-4,6-9,12,14,20H,2,5,10-11H2,1H3,(H2,29,31,32)(H2,30,33,38)/t20-/m0/s1. The molecule has 0 unspecified atom stereocenters. The highest BCUT2D eigenvalue weighted by molar-refractivity contribution is 6.35. The third kappa shape index (κ3) is 4.46. The number of rotatable bonds is 5. The second-order valence-corrected chi connectivity index (χ2v) is 9.11. The molecule has 0 spiro atoms. The van der Waals surface area contributed by atoms with E-state index in [0.717, 1.165) is 6.42 Å². The Bertz CT molecular complexity index is 1650. The van der Waals surface area contributed by atoms with Gasteiger partial charge in [0, 0.05) is 18.8 Å². The highest BCUT2D eigenvalue weighted by atomic mass is 35.5. The molecule has 1 aliphatic rings. The number of nitrogen functional groups attached to an aromatic ring is 1. The molecule has 1 fully saturated rings. The number of nitrogens with one attached hydrogen (secondary N) is 2. The summed E-state index contributed by atoms with van der Waals surface area (Å²) in [6.07, 6.45) is 2.75. The first kappa shape index (κ1) is 25.0. The van der Waals surface area contributed by atoms with Crippen LogP contribution in [0.1, 0.15) is 37.2 Å². The number of halogens is 1. The number of fused-ring (bicyclic) bond motifs is 1. The molecule has 192 valence electrons. The van der Waals surface area contributed by atoms with E-state index >= 15 is 0 Å². The molecule has 5 rings (SSSR count). The van der Waals surface area contributed by atoms with Crippen LogP contribution in [0.25, 0.3) is 16.6 Å². The number of amides is 2. The van der Waals surface area contributed by atoms with Crippen LogP contribution >= 0.6 is 11.6 Å². The maximum absolute atomic E-state index is 14.0. The van der Waals surface area contributed by atoms with Crippen LogP contribution in [0, 0.1) is 11.3 Å². The number of carbonyl (C=O) groups is 1. The van der Waals surface area contributed by atoms with Crippen molar-refractivity contribution in [1.29, 1.82) is 5.26 Å². The van der Waals surface area contributed by atoms with Gasteiger partial charge in [0.05, 0.1) is 27.7 Å². The van der Waals surface area contributed by atoms with E-state index < -0.39 is 6.04 Å². The number of carbonyl (C=O) groups excluding carboxylic acids is 1. The Kier molecular flexibility index (Phi) is 6.81. The molecule has 12 heteroatoms. The Morgan fingerprint density at radius 2 is 2.08 bits per heavy atom. The number of aromatic nitrogens is 4. The van der Waals surface area contributed by atoms with Gasteiger partial charge < -0.3 is 21.3 Å². The van der Waals surface area contributed by atoms with Gasteiger partial charge in [-0.15, -0.1) is 0 Å². The lowest BCUT2D eigenvalue weighted by molar-refractivity contribution is 0.252. The number of benzene rings is 2. The van der Waals surface area contributed by atoms with Crippen LogP contribution in [-0.4, -0.2) is 38.6 Å². The molecule has 2 amide bonds. The zero-order valence-electron chi connectivity index (χ0n) is 20.5. The van der Waals surface area contributed by atoms with Crippen molar-refractivity contribution in [3.63, 3.8) is 0 Å². The number of nitrogens with zero attached hydrogens (tertiary/aromatic N) is 6. The van der Waals surface area contributed by atoms with Gasteiger partial charge in [-0.05, 0) is 50.1 Å². The van der Waals surface area contributed by atoms with Gasteiger partial charge in [-0.25, -0.2) is 19.7 Å². The van der Waals surface area contributed by atoms with Gasteiger partial charge in [0.1, 0.15) is 29.6 Å². The van der Waals surface area contributed by atoms with E-state index in [4.69, 9.17) is 22.3 Å². The summed E-state index contributed by atoms with van der Waals surface area (Å²) in [6.45, 7) is 2.87. The third-order valence-electron chi connectivity index (χ3n) is 6.36. The summed E-state index contributed by atoms with van der Waals surface area (Å²) < 4.78 is 1.51. The van der Waals surface area contributed by atoms with Crippen LogP contribution in [0.15, 0.2) is 53.6 Å². The lowest BCUT2D eigenvalue weighted by atomic mass is 10.1. The SMILES string of the molecule is CCNC(=O)Nc1cccc(-n2c([C@@H]3CCCN3c3ncnc(N)c3C#N)nc3cccc(Cl)c3c2=O)c1. The molecule has 2 aromatic heterocycles. The number of nitriles is 1. The van der Waals surface area contributed by atoms with E-state index in [1.54, 1.807) is 42.5 Å². The van der Waals surface area contributed by atoms with Crippen LogP contribution in [-0.2, 0) is 0 Å². The Balaban J connectivity index is 1.72. The predicted molar refractivity (Wildman–Crippen MR) is 146 cm³/mol. The number of hydrogen-bond donors (Lipinski definition) is 3. The fourth-order valence-electron chi connectivity index (χ4n) is 4.74. The minimum Gasteiger partial charge on any atom is -0.382 e. The molecular weight excluding hydrogens is 506 g/mol.